The van der Waals surface area contributed by atoms with Crippen LogP contribution in [0, 0.1) is 19.7 Å². The molecule has 5 nitrogen and oxygen atoms in total. The standard InChI is InChI=1S/C19H16FN3O2/c1-4-17(24)25-23-16-6-5-12(20)9-13(16)18-19(23)22-15-8-11(3)10(2)7-14(15)21-18/h5-9H,4H2,1-3H3. The molecule has 0 saturated heterocycles. The Morgan fingerprint density at radius 1 is 1.12 bits per heavy atom. The summed E-state index contributed by atoms with van der Waals surface area (Å²) in [4.78, 5) is 26.6. The van der Waals surface area contributed by atoms with Gasteiger partial charge in [0.2, 0.25) is 0 Å². The van der Waals surface area contributed by atoms with Gasteiger partial charge in [0, 0.05) is 11.8 Å². The van der Waals surface area contributed by atoms with Crippen LogP contribution in [0.15, 0.2) is 30.3 Å². The highest BCUT2D eigenvalue weighted by Gasteiger charge is 2.18. The van der Waals surface area contributed by atoms with Crippen LogP contribution >= 0.6 is 0 Å². The smallest absolute Gasteiger partial charge is 0.332 e. The zero-order chi connectivity index (χ0) is 17.7. The van der Waals surface area contributed by atoms with Crippen molar-refractivity contribution in [2.75, 3.05) is 0 Å². The molecule has 0 spiro atoms. The molecule has 0 atom stereocenters. The molecule has 0 fully saturated rings. The fourth-order valence-corrected chi connectivity index (χ4v) is 2.87. The number of halogens is 1. The molecule has 0 amide bonds. The minimum atomic E-state index is -0.398. The van der Waals surface area contributed by atoms with Gasteiger partial charge in [-0.1, -0.05) is 6.92 Å². The number of aryl methyl sites for hydroxylation is 2. The second-order valence-electron chi connectivity index (χ2n) is 6.09. The molecule has 0 saturated carbocycles. The van der Waals surface area contributed by atoms with Crippen LogP contribution in [0.25, 0.3) is 33.1 Å². The number of benzene rings is 2. The molecule has 0 aliphatic heterocycles. The van der Waals surface area contributed by atoms with Gasteiger partial charge in [-0.2, -0.15) is 4.73 Å². The number of rotatable bonds is 2. The number of carbonyl (C=O) groups is 1. The van der Waals surface area contributed by atoms with Crippen molar-refractivity contribution in [3.63, 3.8) is 0 Å². The zero-order valence-corrected chi connectivity index (χ0v) is 14.1. The summed E-state index contributed by atoms with van der Waals surface area (Å²) in [5, 5.41) is 0.562. The highest BCUT2D eigenvalue weighted by atomic mass is 19.1. The first-order valence-electron chi connectivity index (χ1n) is 8.07. The summed E-state index contributed by atoms with van der Waals surface area (Å²) in [6.45, 7) is 5.72. The van der Waals surface area contributed by atoms with Crippen molar-refractivity contribution < 1.29 is 14.0 Å². The van der Waals surface area contributed by atoms with Crippen LogP contribution in [0.2, 0.25) is 0 Å². The van der Waals surface area contributed by atoms with Crippen LogP contribution in [0.3, 0.4) is 0 Å². The van der Waals surface area contributed by atoms with Crippen molar-refractivity contribution in [2.45, 2.75) is 27.2 Å². The molecule has 0 aliphatic rings. The molecule has 0 bridgehead atoms. The van der Waals surface area contributed by atoms with E-state index < -0.39 is 5.97 Å². The third-order valence-corrected chi connectivity index (χ3v) is 4.37. The Balaban J connectivity index is 2.14. The molecule has 4 aromatic rings. The molecule has 0 radical (unpaired) electrons. The number of hydrogen-bond donors (Lipinski definition) is 0. The molecular formula is C19H16FN3O2. The Morgan fingerprint density at radius 2 is 1.80 bits per heavy atom. The maximum absolute atomic E-state index is 13.8. The summed E-state index contributed by atoms with van der Waals surface area (Å²) in [5.41, 5.74) is 5.09. The van der Waals surface area contributed by atoms with Gasteiger partial charge >= 0.3 is 5.97 Å². The Kier molecular flexibility index (Phi) is 3.42. The lowest BCUT2D eigenvalue weighted by molar-refractivity contribution is -0.142. The maximum atomic E-state index is 13.8. The molecule has 0 aliphatic carbocycles. The van der Waals surface area contributed by atoms with Crippen molar-refractivity contribution in [1.82, 2.24) is 14.7 Å². The monoisotopic (exact) mass is 337 g/mol. The van der Waals surface area contributed by atoms with E-state index in [0.717, 1.165) is 16.6 Å². The van der Waals surface area contributed by atoms with Gasteiger partial charge < -0.3 is 4.84 Å². The SMILES string of the molecule is CCC(=O)On1c2ccc(F)cc2c2nc3cc(C)c(C)cc3nc21. The van der Waals surface area contributed by atoms with Gasteiger partial charge in [-0.15, -0.1) is 0 Å². The fraction of sp³-hybridized carbons (Fsp3) is 0.211. The molecule has 4 rings (SSSR count). The first-order chi connectivity index (χ1) is 12.0. The lowest BCUT2D eigenvalue weighted by Gasteiger charge is -2.07. The molecule has 2 aromatic heterocycles. The number of hydrogen-bond acceptors (Lipinski definition) is 4. The lowest BCUT2D eigenvalue weighted by atomic mass is 10.1. The Hall–Kier alpha value is -3.02. The number of carbonyl (C=O) groups excluding carboxylic acids is 1. The average Bonchev–Trinajstić information content (AvgIpc) is 2.86. The van der Waals surface area contributed by atoms with Crippen LogP contribution < -0.4 is 4.84 Å². The average molecular weight is 337 g/mol. The zero-order valence-electron chi connectivity index (χ0n) is 14.1. The van der Waals surface area contributed by atoms with E-state index >= 15 is 0 Å². The Morgan fingerprint density at radius 3 is 2.48 bits per heavy atom. The molecule has 25 heavy (non-hydrogen) atoms. The lowest BCUT2D eigenvalue weighted by Crippen LogP contribution is -2.18. The summed E-state index contributed by atoms with van der Waals surface area (Å²) >= 11 is 0. The fourth-order valence-electron chi connectivity index (χ4n) is 2.87. The second kappa shape index (κ2) is 5.51. The number of fused-ring (bicyclic) bond motifs is 4. The van der Waals surface area contributed by atoms with E-state index in [-0.39, 0.29) is 12.2 Å². The van der Waals surface area contributed by atoms with E-state index in [1.165, 1.54) is 16.9 Å². The molecule has 2 heterocycles. The van der Waals surface area contributed by atoms with E-state index in [0.29, 0.717) is 27.6 Å². The largest absolute Gasteiger partial charge is 0.334 e. The highest BCUT2D eigenvalue weighted by molar-refractivity contribution is 6.06. The minimum Gasteiger partial charge on any atom is -0.334 e. The predicted octanol–water partition coefficient (Wildman–Crippen LogP) is 3.86. The third-order valence-electron chi connectivity index (χ3n) is 4.37. The van der Waals surface area contributed by atoms with Crippen LogP contribution in [0.5, 0.6) is 0 Å². The minimum absolute atomic E-state index is 0.224. The maximum Gasteiger partial charge on any atom is 0.332 e. The Bertz CT molecular complexity index is 1160. The summed E-state index contributed by atoms with van der Waals surface area (Å²) < 4.78 is 15.1. The van der Waals surface area contributed by atoms with Gasteiger partial charge in [-0.3, -0.25) is 0 Å². The van der Waals surface area contributed by atoms with E-state index in [1.54, 1.807) is 13.0 Å². The topological polar surface area (TPSA) is 57.0 Å². The first-order valence-corrected chi connectivity index (χ1v) is 8.07. The summed E-state index contributed by atoms with van der Waals surface area (Å²) in [5.74, 6) is -0.777. The molecular weight excluding hydrogens is 321 g/mol. The summed E-state index contributed by atoms with van der Waals surface area (Å²) in [7, 11) is 0. The predicted molar refractivity (Wildman–Crippen MR) is 93.9 cm³/mol. The van der Waals surface area contributed by atoms with E-state index in [2.05, 4.69) is 9.97 Å². The van der Waals surface area contributed by atoms with Gasteiger partial charge in [0.1, 0.15) is 11.3 Å². The molecule has 0 N–H and O–H groups in total. The van der Waals surface area contributed by atoms with Gasteiger partial charge in [0.15, 0.2) is 5.65 Å². The van der Waals surface area contributed by atoms with Crippen LogP contribution in [-0.2, 0) is 4.79 Å². The van der Waals surface area contributed by atoms with E-state index in [9.17, 15) is 9.18 Å². The Labute approximate surface area is 143 Å². The summed E-state index contributed by atoms with van der Waals surface area (Å²) in [6.07, 6.45) is 0.224. The molecule has 6 heteroatoms. The number of nitrogens with zero attached hydrogens (tertiary/aromatic N) is 3. The van der Waals surface area contributed by atoms with Crippen molar-refractivity contribution in [2.24, 2.45) is 0 Å². The van der Waals surface area contributed by atoms with Crippen molar-refractivity contribution in [3.8, 4) is 0 Å². The molecule has 0 unspecified atom stereocenters. The van der Waals surface area contributed by atoms with Crippen molar-refractivity contribution in [1.29, 1.82) is 0 Å². The van der Waals surface area contributed by atoms with Crippen molar-refractivity contribution in [3.05, 3.63) is 47.3 Å². The second-order valence-corrected chi connectivity index (χ2v) is 6.09. The van der Waals surface area contributed by atoms with Gasteiger partial charge in [0.05, 0.1) is 16.6 Å². The third kappa shape index (κ3) is 2.41. The van der Waals surface area contributed by atoms with Gasteiger partial charge in [-0.25, -0.2) is 19.2 Å². The van der Waals surface area contributed by atoms with E-state index in [1.807, 2.05) is 26.0 Å². The quantitative estimate of drug-likeness (QED) is 0.557. The normalized spacial score (nSPS) is 11.5. The molecule has 126 valence electrons. The number of aromatic nitrogens is 3. The van der Waals surface area contributed by atoms with Gasteiger partial charge in [-0.05, 0) is 55.3 Å². The van der Waals surface area contributed by atoms with Crippen LogP contribution in [0.1, 0.15) is 24.5 Å². The molecule has 2 aromatic carbocycles. The van der Waals surface area contributed by atoms with E-state index in [4.69, 9.17) is 4.84 Å². The highest BCUT2D eigenvalue weighted by Crippen LogP contribution is 2.29. The first kappa shape index (κ1) is 15.5. The van der Waals surface area contributed by atoms with Crippen molar-refractivity contribution >= 4 is 39.1 Å². The van der Waals surface area contributed by atoms with Gasteiger partial charge in [0.25, 0.3) is 0 Å². The van der Waals surface area contributed by atoms with Crippen LogP contribution in [0.4, 0.5) is 4.39 Å². The summed E-state index contributed by atoms with van der Waals surface area (Å²) in [6, 6.07) is 8.18. The van der Waals surface area contributed by atoms with Crippen LogP contribution in [-0.4, -0.2) is 20.7 Å².